The molecule has 0 bridgehead atoms. The Labute approximate surface area is 148 Å². The van der Waals surface area contributed by atoms with Gasteiger partial charge in [0.05, 0.1) is 7.11 Å². The number of carbonyl (C=O) groups excluding carboxylic acids is 2. The van der Waals surface area contributed by atoms with Crippen LogP contribution in [0.5, 0.6) is 5.75 Å². The molecule has 2 N–H and O–H groups in total. The van der Waals surface area contributed by atoms with Crippen LogP contribution in [0.15, 0.2) is 42.5 Å². The lowest BCUT2D eigenvalue weighted by Crippen LogP contribution is -2.25. The maximum Gasteiger partial charge on any atom is 0.251 e. The second-order valence-corrected chi connectivity index (χ2v) is 5.76. The molecule has 2 rings (SSSR count). The summed E-state index contributed by atoms with van der Waals surface area (Å²) in [5.74, 6) is 0.635. The van der Waals surface area contributed by atoms with E-state index in [1.165, 1.54) is 18.1 Å². The van der Waals surface area contributed by atoms with E-state index < -0.39 is 0 Å². The number of ether oxygens (including phenoxy) is 1. The van der Waals surface area contributed by atoms with Crippen LogP contribution in [0.2, 0.25) is 0 Å². The van der Waals surface area contributed by atoms with Crippen LogP contribution in [0, 0.1) is 0 Å². The highest BCUT2D eigenvalue weighted by molar-refractivity contribution is 5.95. The van der Waals surface area contributed by atoms with E-state index in [0.29, 0.717) is 17.8 Å². The van der Waals surface area contributed by atoms with E-state index in [1.54, 1.807) is 31.4 Å². The number of hydrogen-bond acceptors (Lipinski definition) is 3. The standard InChI is InChI=1S/C20H24N2O3/c1-4-16-13-15(5-10-19(16)25-3)11-12-21-20(24)17-6-8-18(9-7-17)22-14(2)23/h5-10,13H,4,11-12H2,1-3H3,(H,21,24)(H,22,23). The third-order valence-corrected chi connectivity index (χ3v) is 3.89. The number of rotatable bonds is 7. The van der Waals surface area contributed by atoms with Gasteiger partial charge >= 0.3 is 0 Å². The molecule has 25 heavy (non-hydrogen) atoms. The zero-order valence-corrected chi connectivity index (χ0v) is 14.9. The van der Waals surface area contributed by atoms with E-state index in [1.807, 2.05) is 12.1 Å². The number of aryl methyl sites for hydroxylation is 1. The van der Waals surface area contributed by atoms with E-state index in [-0.39, 0.29) is 11.8 Å². The average Bonchev–Trinajstić information content (AvgIpc) is 2.61. The van der Waals surface area contributed by atoms with Crippen LogP contribution in [0.3, 0.4) is 0 Å². The van der Waals surface area contributed by atoms with Crippen LogP contribution in [0.4, 0.5) is 5.69 Å². The molecular weight excluding hydrogens is 316 g/mol. The SMILES string of the molecule is CCc1cc(CCNC(=O)c2ccc(NC(C)=O)cc2)ccc1OC. The third kappa shape index (κ3) is 5.35. The van der Waals surface area contributed by atoms with Crippen molar-refractivity contribution in [1.29, 1.82) is 0 Å². The van der Waals surface area contributed by atoms with Crippen LogP contribution in [-0.2, 0) is 17.6 Å². The van der Waals surface area contributed by atoms with Crippen LogP contribution >= 0.6 is 0 Å². The Morgan fingerprint density at radius 1 is 1.08 bits per heavy atom. The second kappa shape index (κ2) is 8.87. The third-order valence-electron chi connectivity index (χ3n) is 3.89. The van der Waals surface area contributed by atoms with E-state index >= 15 is 0 Å². The van der Waals surface area contributed by atoms with E-state index in [2.05, 4.69) is 23.6 Å². The lowest BCUT2D eigenvalue weighted by atomic mass is 10.1. The Bertz CT molecular complexity index is 739. The quantitative estimate of drug-likeness (QED) is 0.813. The summed E-state index contributed by atoms with van der Waals surface area (Å²) in [5, 5.41) is 5.59. The summed E-state index contributed by atoms with van der Waals surface area (Å²) in [6.07, 6.45) is 1.66. The molecule has 0 unspecified atom stereocenters. The van der Waals surface area contributed by atoms with Gasteiger partial charge in [0, 0.05) is 24.7 Å². The Morgan fingerprint density at radius 3 is 2.40 bits per heavy atom. The predicted octanol–water partition coefficient (Wildman–Crippen LogP) is 3.19. The molecule has 0 aliphatic rings. The van der Waals surface area contributed by atoms with Gasteiger partial charge in [-0.3, -0.25) is 9.59 Å². The minimum absolute atomic E-state index is 0.126. The number of hydrogen-bond donors (Lipinski definition) is 2. The summed E-state index contributed by atoms with van der Waals surface area (Å²) in [7, 11) is 1.67. The van der Waals surface area contributed by atoms with Crippen molar-refractivity contribution >= 4 is 17.5 Å². The average molecular weight is 340 g/mol. The molecule has 0 saturated heterocycles. The zero-order chi connectivity index (χ0) is 18.2. The summed E-state index contributed by atoms with van der Waals surface area (Å²) in [5.41, 5.74) is 3.58. The second-order valence-electron chi connectivity index (χ2n) is 5.76. The van der Waals surface area contributed by atoms with Crippen molar-refractivity contribution in [2.45, 2.75) is 26.7 Å². The fraction of sp³-hybridized carbons (Fsp3) is 0.300. The number of benzene rings is 2. The number of nitrogens with one attached hydrogen (secondary N) is 2. The van der Waals surface area contributed by atoms with Crippen molar-refractivity contribution in [2.24, 2.45) is 0 Å². The molecule has 132 valence electrons. The first kappa shape index (κ1) is 18.5. The van der Waals surface area contributed by atoms with Gasteiger partial charge in [0.2, 0.25) is 5.91 Å². The normalized spacial score (nSPS) is 10.2. The van der Waals surface area contributed by atoms with Crippen molar-refractivity contribution in [2.75, 3.05) is 19.0 Å². The molecule has 0 saturated carbocycles. The number of methoxy groups -OCH3 is 1. The fourth-order valence-corrected chi connectivity index (χ4v) is 2.59. The molecule has 2 aromatic rings. The Kier molecular flexibility index (Phi) is 6.57. The van der Waals surface area contributed by atoms with Crippen molar-refractivity contribution in [3.8, 4) is 5.75 Å². The van der Waals surface area contributed by atoms with Gasteiger partial charge in [-0.25, -0.2) is 0 Å². The monoisotopic (exact) mass is 340 g/mol. The summed E-state index contributed by atoms with van der Waals surface area (Å²) >= 11 is 0. The molecule has 0 atom stereocenters. The maximum atomic E-state index is 12.2. The highest BCUT2D eigenvalue weighted by Gasteiger charge is 2.07. The summed E-state index contributed by atoms with van der Waals surface area (Å²) in [4.78, 5) is 23.2. The van der Waals surface area contributed by atoms with E-state index in [4.69, 9.17) is 4.74 Å². The Balaban J connectivity index is 1.89. The van der Waals surface area contributed by atoms with E-state index in [9.17, 15) is 9.59 Å². The summed E-state index contributed by atoms with van der Waals surface area (Å²) < 4.78 is 5.33. The Hall–Kier alpha value is -2.82. The maximum absolute atomic E-state index is 12.2. The molecule has 2 aromatic carbocycles. The molecule has 0 radical (unpaired) electrons. The molecule has 0 aromatic heterocycles. The summed E-state index contributed by atoms with van der Waals surface area (Å²) in [6, 6.07) is 12.9. The van der Waals surface area contributed by atoms with Gasteiger partial charge in [-0.15, -0.1) is 0 Å². The van der Waals surface area contributed by atoms with Crippen LogP contribution in [0.25, 0.3) is 0 Å². The first-order valence-electron chi connectivity index (χ1n) is 8.35. The largest absolute Gasteiger partial charge is 0.496 e. The number of carbonyl (C=O) groups is 2. The van der Waals surface area contributed by atoms with Crippen LogP contribution in [0.1, 0.15) is 35.3 Å². The topological polar surface area (TPSA) is 67.4 Å². The highest BCUT2D eigenvalue weighted by atomic mass is 16.5. The minimum Gasteiger partial charge on any atom is -0.496 e. The fourth-order valence-electron chi connectivity index (χ4n) is 2.59. The van der Waals surface area contributed by atoms with Gasteiger partial charge in [-0.1, -0.05) is 19.1 Å². The van der Waals surface area contributed by atoms with Crippen molar-refractivity contribution in [1.82, 2.24) is 5.32 Å². The van der Waals surface area contributed by atoms with Gasteiger partial charge in [0.15, 0.2) is 0 Å². The van der Waals surface area contributed by atoms with Crippen LogP contribution in [-0.4, -0.2) is 25.5 Å². The molecule has 5 nitrogen and oxygen atoms in total. The Morgan fingerprint density at radius 2 is 1.80 bits per heavy atom. The zero-order valence-electron chi connectivity index (χ0n) is 14.9. The number of anilines is 1. The first-order chi connectivity index (χ1) is 12.0. The summed E-state index contributed by atoms with van der Waals surface area (Å²) in [6.45, 7) is 4.10. The molecule has 5 heteroatoms. The van der Waals surface area contributed by atoms with Gasteiger partial charge in [0.1, 0.15) is 5.75 Å². The lowest BCUT2D eigenvalue weighted by Gasteiger charge is -2.10. The van der Waals surface area contributed by atoms with Gasteiger partial charge < -0.3 is 15.4 Å². The predicted molar refractivity (Wildman–Crippen MR) is 99.2 cm³/mol. The van der Waals surface area contributed by atoms with Gasteiger partial charge in [-0.2, -0.15) is 0 Å². The molecule has 0 heterocycles. The smallest absolute Gasteiger partial charge is 0.251 e. The van der Waals surface area contributed by atoms with Crippen molar-refractivity contribution in [3.63, 3.8) is 0 Å². The van der Waals surface area contributed by atoms with Gasteiger partial charge in [0.25, 0.3) is 5.91 Å². The van der Waals surface area contributed by atoms with Gasteiger partial charge in [-0.05, 0) is 54.3 Å². The number of amides is 2. The highest BCUT2D eigenvalue weighted by Crippen LogP contribution is 2.20. The molecule has 0 spiro atoms. The first-order valence-corrected chi connectivity index (χ1v) is 8.35. The van der Waals surface area contributed by atoms with Crippen molar-refractivity contribution < 1.29 is 14.3 Å². The van der Waals surface area contributed by atoms with E-state index in [0.717, 1.165) is 18.6 Å². The molecular formula is C20H24N2O3. The molecule has 0 aliphatic heterocycles. The lowest BCUT2D eigenvalue weighted by molar-refractivity contribution is -0.114. The molecule has 0 aliphatic carbocycles. The molecule has 2 amide bonds. The van der Waals surface area contributed by atoms with Crippen molar-refractivity contribution in [3.05, 3.63) is 59.2 Å². The van der Waals surface area contributed by atoms with Crippen LogP contribution < -0.4 is 15.4 Å². The molecule has 0 fully saturated rings. The minimum atomic E-state index is -0.136.